The van der Waals surface area contributed by atoms with Crippen molar-refractivity contribution in [1.82, 2.24) is 0 Å². The Kier molecular flexibility index (Phi) is 3.11. The summed E-state index contributed by atoms with van der Waals surface area (Å²) in [6.07, 6.45) is 2.96. The van der Waals surface area contributed by atoms with Crippen LogP contribution >= 0.6 is 0 Å². The maximum atomic E-state index is 12.4. The normalized spacial score (nSPS) is 20.4. The molecule has 0 fully saturated rings. The Balaban J connectivity index is 1.80. The van der Waals surface area contributed by atoms with E-state index in [-0.39, 0.29) is 5.91 Å². The molecule has 0 spiro atoms. The first-order chi connectivity index (χ1) is 11.2. The molecule has 23 heavy (non-hydrogen) atoms. The zero-order valence-electron chi connectivity index (χ0n) is 13.2. The number of nitrogens with one attached hydrogen (secondary N) is 1. The van der Waals surface area contributed by atoms with Crippen LogP contribution in [0.4, 0.5) is 11.4 Å². The highest BCUT2D eigenvalue weighted by Crippen LogP contribution is 2.38. The van der Waals surface area contributed by atoms with Crippen LogP contribution in [-0.2, 0) is 11.2 Å². The zero-order chi connectivity index (χ0) is 16.0. The van der Waals surface area contributed by atoms with Gasteiger partial charge in [0.1, 0.15) is 5.75 Å². The Bertz CT molecular complexity index is 826. The molecule has 4 heteroatoms. The van der Waals surface area contributed by atoms with Gasteiger partial charge < -0.3 is 15.0 Å². The number of carbonyl (C=O) groups is 1. The zero-order valence-corrected chi connectivity index (χ0v) is 13.2. The summed E-state index contributed by atoms with van der Waals surface area (Å²) < 4.78 is 5.29. The summed E-state index contributed by atoms with van der Waals surface area (Å²) in [4.78, 5) is 14.6. The molecule has 0 aliphatic carbocycles. The van der Waals surface area contributed by atoms with Crippen molar-refractivity contribution < 1.29 is 9.53 Å². The molecule has 2 aromatic rings. The number of benzene rings is 2. The van der Waals surface area contributed by atoms with E-state index < -0.39 is 0 Å². The van der Waals surface area contributed by atoms with E-state index in [4.69, 9.17) is 4.74 Å². The minimum Gasteiger partial charge on any atom is -0.497 e. The molecule has 1 unspecified atom stereocenters. The van der Waals surface area contributed by atoms with Gasteiger partial charge in [-0.3, -0.25) is 4.79 Å². The molecular formula is C19H18N2O2. The molecule has 116 valence electrons. The largest absolute Gasteiger partial charge is 0.497 e. The third-order valence-electron chi connectivity index (χ3n) is 4.54. The predicted molar refractivity (Wildman–Crippen MR) is 91.7 cm³/mol. The molecule has 4 rings (SSSR count). The number of hydrogen-bond donors (Lipinski definition) is 1. The molecule has 0 bridgehead atoms. The van der Waals surface area contributed by atoms with Gasteiger partial charge in [0, 0.05) is 29.2 Å². The maximum absolute atomic E-state index is 12.4. The summed E-state index contributed by atoms with van der Waals surface area (Å²) in [5.41, 5.74) is 4.91. The van der Waals surface area contributed by atoms with Crippen LogP contribution in [0.3, 0.4) is 0 Å². The van der Waals surface area contributed by atoms with Gasteiger partial charge in [-0.15, -0.1) is 0 Å². The maximum Gasteiger partial charge on any atom is 0.257 e. The van der Waals surface area contributed by atoms with Crippen molar-refractivity contribution in [2.45, 2.75) is 19.4 Å². The van der Waals surface area contributed by atoms with Crippen molar-refractivity contribution in [3.05, 3.63) is 59.8 Å². The van der Waals surface area contributed by atoms with Crippen molar-refractivity contribution in [2.24, 2.45) is 0 Å². The molecule has 2 aliphatic rings. The standard InChI is InChI=1S/C19H18N2O2/c1-12-9-13-5-3-4-6-18(13)21(12)11-16-15-10-14(23-2)7-8-17(15)20-19(16)22/h3-8,10-12H,9H2,1-2H3,(H,20,22)/b16-11+. The lowest BCUT2D eigenvalue weighted by molar-refractivity contribution is -0.110. The first-order valence-electron chi connectivity index (χ1n) is 7.75. The number of para-hydroxylation sites is 1. The van der Waals surface area contributed by atoms with Crippen LogP contribution < -0.4 is 15.0 Å². The minimum absolute atomic E-state index is 0.0650. The lowest BCUT2D eigenvalue weighted by Crippen LogP contribution is -2.24. The van der Waals surface area contributed by atoms with Gasteiger partial charge in [0.05, 0.1) is 12.7 Å². The van der Waals surface area contributed by atoms with Crippen molar-refractivity contribution in [3.63, 3.8) is 0 Å². The van der Waals surface area contributed by atoms with Gasteiger partial charge in [-0.25, -0.2) is 0 Å². The van der Waals surface area contributed by atoms with Crippen LogP contribution in [0.15, 0.2) is 48.7 Å². The Morgan fingerprint density at radius 3 is 2.91 bits per heavy atom. The van der Waals surface area contributed by atoms with Crippen LogP contribution in [-0.4, -0.2) is 19.1 Å². The second-order valence-corrected chi connectivity index (χ2v) is 6.00. The average Bonchev–Trinajstić information content (AvgIpc) is 3.04. The van der Waals surface area contributed by atoms with E-state index in [0.717, 1.165) is 23.4 Å². The van der Waals surface area contributed by atoms with E-state index in [9.17, 15) is 4.79 Å². The Morgan fingerprint density at radius 1 is 1.26 bits per heavy atom. The van der Waals surface area contributed by atoms with Crippen LogP contribution in [0.2, 0.25) is 0 Å². The summed E-state index contributed by atoms with van der Waals surface area (Å²) in [5, 5.41) is 2.92. The highest BCUT2D eigenvalue weighted by molar-refractivity contribution is 6.31. The Morgan fingerprint density at radius 2 is 2.09 bits per heavy atom. The van der Waals surface area contributed by atoms with Crippen LogP contribution in [0.25, 0.3) is 5.57 Å². The third-order valence-corrected chi connectivity index (χ3v) is 4.54. The first-order valence-corrected chi connectivity index (χ1v) is 7.75. The molecule has 2 aromatic carbocycles. The van der Waals surface area contributed by atoms with E-state index in [0.29, 0.717) is 11.6 Å². The SMILES string of the molecule is COc1ccc2c(c1)/C(=C\N1c3ccccc3CC1C)C(=O)N2. The number of amides is 1. The number of methoxy groups -OCH3 is 1. The van der Waals surface area contributed by atoms with E-state index in [1.807, 2.05) is 30.5 Å². The highest BCUT2D eigenvalue weighted by Gasteiger charge is 2.29. The quantitative estimate of drug-likeness (QED) is 0.864. The fourth-order valence-electron chi connectivity index (χ4n) is 3.35. The molecule has 1 amide bonds. The molecule has 0 aromatic heterocycles. The second-order valence-electron chi connectivity index (χ2n) is 6.00. The van der Waals surface area contributed by atoms with Gasteiger partial charge >= 0.3 is 0 Å². The molecular weight excluding hydrogens is 288 g/mol. The molecule has 1 atom stereocenters. The molecule has 2 aliphatic heterocycles. The van der Waals surface area contributed by atoms with Gasteiger partial charge in [0.2, 0.25) is 0 Å². The molecule has 0 saturated heterocycles. The number of fused-ring (bicyclic) bond motifs is 2. The monoisotopic (exact) mass is 306 g/mol. The Labute approximate surface area is 135 Å². The van der Waals surface area contributed by atoms with Crippen LogP contribution in [0.5, 0.6) is 5.75 Å². The summed E-state index contributed by atoms with van der Waals surface area (Å²) in [5.74, 6) is 0.686. The number of hydrogen-bond acceptors (Lipinski definition) is 3. The summed E-state index contributed by atoms with van der Waals surface area (Å²) in [7, 11) is 1.63. The Hall–Kier alpha value is -2.75. The molecule has 1 N–H and O–H groups in total. The summed E-state index contributed by atoms with van der Waals surface area (Å²) in [6, 6.07) is 14.3. The van der Waals surface area contributed by atoms with E-state index in [2.05, 4.69) is 35.3 Å². The van der Waals surface area contributed by atoms with Gasteiger partial charge in [-0.05, 0) is 43.2 Å². The van der Waals surface area contributed by atoms with Crippen molar-refractivity contribution in [1.29, 1.82) is 0 Å². The molecule has 4 nitrogen and oxygen atoms in total. The highest BCUT2D eigenvalue weighted by atomic mass is 16.5. The average molecular weight is 306 g/mol. The fraction of sp³-hybridized carbons (Fsp3) is 0.211. The minimum atomic E-state index is -0.0650. The smallest absolute Gasteiger partial charge is 0.257 e. The number of ether oxygens (including phenoxy) is 1. The van der Waals surface area contributed by atoms with Crippen LogP contribution in [0, 0.1) is 0 Å². The van der Waals surface area contributed by atoms with Crippen molar-refractivity contribution in [2.75, 3.05) is 17.3 Å². The van der Waals surface area contributed by atoms with Crippen molar-refractivity contribution >= 4 is 22.9 Å². The second kappa shape index (κ2) is 5.16. The van der Waals surface area contributed by atoms with Crippen molar-refractivity contribution in [3.8, 4) is 5.75 Å². The lowest BCUT2D eigenvalue weighted by atomic mass is 10.1. The first kappa shape index (κ1) is 13.9. The lowest BCUT2D eigenvalue weighted by Gasteiger charge is -2.21. The number of carbonyl (C=O) groups excluding carboxylic acids is 1. The number of anilines is 2. The number of rotatable bonds is 2. The van der Waals surface area contributed by atoms with E-state index in [1.54, 1.807) is 7.11 Å². The van der Waals surface area contributed by atoms with Gasteiger partial charge in [-0.1, -0.05) is 18.2 Å². The predicted octanol–water partition coefficient (Wildman–Crippen LogP) is 3.44. The molecule has 2 heterocycles. The molecule has 0 saturated carbocycles. The molecule has 0 radical (unpaired) electrons. The van der Waals surface area contributed by atoms with Crippen LogP contribution in [0.1, 0.15) is 18.1 Å². The third kappa shape index (κ3) is 2.18. The van der Waals surface area contributed by atoms with Gasteiger partial charge in [0.15, 0.2) is 0 Å². The summed E-state index contributed by atoms with van der Waals surface area (Å²) in [6.45, 7) is 2.18. The van der Waals surface area contributed by atoms with E-state index in [1.165, 1.54) is 11.3 Å². The number of nitrogens with zero attached hydrogens (tertiary/aromatic N) is 1. The van der Waals surface area contributed by atoms with Gasteiger partial charge in [-0.2, -0.15) is 0 Å². The fourth-order valence-corrected chi connectivity index (χ4v) is 3.35. The topological polar surface area (TPSA) is 41.6 Å². The van der Waals surface area contributed by atoms with Gasteiger partial charge in [0.25, 0.3) is 5.91 Å². The summed E-state index contributed by atoms with van der Waals surface area (Å²) >= 11 is 0. The van der Waals surface area contributed by atoms with E-state index >= 15 is 0 Å².